The first kappa shape index (κ1) is 14.2. The highest BCUT2D eigenvalue weighted by atomic mass is 32.2. The predicted molar refractivity (Wildman–Crippen MR) is 69.8 cm³/mol. The van der Waals surface area contributed by atoms with E-state index in [9.17, 15) is 12.8 Å². The van der Waals surface area contributed by atoms with Crippen LogP contribution in [0.15, 0.2) is 23.1 Å². The van der Waals surface area contributed by atoms with E-state index >= 15 is 0 Å². The third kappa shape index (κ3) is 2.88. The van der Waals surface area contributed by atoms with Gasteiger partial charge in [-0.05, 0) is 38.5 Å². The van der Waals surface area contributed by atoms with Crippen LogP contribution in [0.1, 0.15) is 20.3 Å². The largest absolute Gasteiger partial charge is 0.376 e. The third-order valence-electron chi connectivity index (χ3n) is 3.58. The molecule has 2 unspecified atom stereocenters. The van der Waals surface area contributed by atoms with Crippen molar-refractivity contribution in [2.45, 2.75) is 36.8 Å². The van der Waals surface area contributed by atoms with E-state index < -0.39 is 15.8 Å². The Morgan fingerprint density at radius 1 is 1.53 bits per heavy atom. The van der Waals surface area contributed by atoms with E-state index in [0.29, 0.717) is 6.61 Å². The Hall–Kier alpha value is -1.18. The first-order valence-corrected chi connectivity index (χ1v) is 7.49. The van der Waals surface area contributed by atoms with Crippen LogP contribution < -0.4 is 10.5 Å². The second kappa shape index (κ2) is 4.73. The highest BCUT2D eigenvalue weighted by Crippen LogP contribution is 2.31. The Kier molecular flexibility index (Phi) is 3.55. The van der Waals surface area contributed by atoms with E-state index in [0.717, 1.165) is 12.5 Å². The molecule has 1 saturated heterocycles. The van der Waals surface area contributed by atoms with Crippen LogP contribution in [-0.2, 0) is 14.8 Å². The lowest BCUT2D eigenvalue weighted by Crippen LogP contribution is -2.41. The van der Waals surface area contributed by atoms with Crippen LogP contribution in [0.25, 0.3) is 0 Å². The minimum atomic E-state index is -3.89. The van der Waals surface area contributed by atoms with Gasteiger partial charge in [-0.1, -0.05) is 0 Å². The van der Waals surface area contributed by atoms with Crippen molar-refractivity contribution in [3.63, 3.8) is 0 Å². The number of sulfonamides is 1. The van der Waals surface area contributed by atoms with E-state index in [-0.39, 0.29) is 22.2 Å². The average Bonchev–Trinajstić information content (AvgIpc) is 2.61. The van der Waals surface area contributed by atoms with Crippen molar-refractivity contribution >= 4 is 15.7 Å². The molecule has 0 bridgehead atoms. The van der Waals surface area contributed by atoms with Crippen molar-refractivity contribution in [1.82, 2.24) is 0 Å². The fourth-order valence-electron chi connectivity index (χ4n) is 2.08. The highest BCUT2D eigenvalue weighted by Gasteiger charge is 2.37. The van der Waals surface area contributed by atoms with Gasteiger partial charge in [0, 0.05) is 6.61 Å². The van der Waals surface area contributed by atoms with Crippen LogP contribution >= 0.6 is 0 Å². The Bertz CT molecular complexity index is 591. The number of primary sulfonamides is 1. The fourth-order valence-corrected chi connectivity index (χ4v) is 2.61. The molecule has 5 nitrogen and oxygen atoms in total. The zero-order valence-corrected chi connectivity index (χ0v) is 11.6. The summed E-state index contributed by atoms with van der Waals surface area (Å²) in [6, 6.07) is 3.58. The van der Waals surface area contributed by atoms with E-state index in [1.807, 2.05) is 13.8 Å². The lowest BCUT2D eigenvalue weighted by molar-refractivity contribution is 0.105. The number of anilines is 1. The van der Waals surface area contributed by atoms with Crippen molar-refractivity contribution in [2.75, 3.05) is 11.9 Å². The molecule has 0 aromatic heterocycles. The second-order valence-corrected chi connectivity index (χ2v) is 6.55. The molecule has 106 valence electrons. The molecule has 0 spiro atoms. The van der Waals surface area contributed by atoms with Crippen LogP contribution in [0.4, 0.5) is 10.1 Å². The van der Waals surface area contributed by atoms with Gasteiger partial charge in [-0.15, -0.1) is 0 Å². The van der Waals surface area contributed by atoms with Gasteiger partial charge in [0.05, 0.1) is 22.2 Å². The summed E-state index contributed by atoms with van der Waals surface area (Å²) in [6.07, 6.45) is 0.703. The number of hydrogen-bond donors (Lipinski definition) is 2. The number of benzene rings is 1. The maximum atomic E-state index is 13.9. The molecule has 1 heterocycles. The van der Waals surface area contributed by atoms with Gasteiger partial charge in [0.1, 0.15) is 5.82 Å². The molecule has 0 amide bonds. The minimum Gasteiger partial charge on any atom is -0.376 e. The molecule has 0 saturated carbocycles. The fraction of sp³-hybridized carbons (Fsp3) is 0.500. The van der Waals surface area contributed by atoms with Crippen molar-refractivity contribution in [3.05, 3.63) is 24.0 Å². The molecule has 1 aliphatic heterocycles. The summed E-state index contributed by atoms with van der Waals surface area (Å²) in [5.41, 5.74) is -0.128. The summed E-state index contributed by atoms with van der Waals surface area (Å²) in [5, 5.41) is 8.03. The van der Waals surface area contributed by atoms with Crippen LogP contribution in [-0.4, -0.2) is 26.7 Å². The molecular formula is C12H17FN2O3S. The van der Waals surface area contributed by atoms with Gasteiger partial charge in [0.2, 0.25) is 10.0 Å². The maximum Gasteiger partial charge on any atom is 0.238 e. The monoisotopic (exact) mass is 288 g/mol. The van der Waals surface area contributed by atoms with Crippen LogP contribution in [0, 0.1) is 5.82 Å². The first-order chi connectivity index (χ1) is 8.72. The molecule has 3 N–H and O–H groups in total. The van der Waals surface area contributed by atoms with Gasteiger partial charge in [-0.2, -0.15) is 0 Å². The molecule has 7 heteroatoms. The van der Waals surface area contributed by atoms with E-state index in [4.69, 9.17) is 9.88 Å². The minimum absolute atomic E-state index is 0.0511. The highest BCUT2D eigenvalue weighted by molar-refractivity contribution is 7.89. The van der Waals surface area contributed by atoms with Crippen molar-refractivity contribution in [3.8, 4) is 0 Å². The SMILES string of the molecule is CC1OCCC1(C)Nc1ccc(S(N)(=O)=O)cc1F. The standard InChI is InChI=1S/C12H17FN2O3S/c1-8-12(2,5-6-18-8)15-11-4-3-9(7-10(11)13)19(14,16)17/h3-4,7-8,15H,5-6H2,1-2H3,(H2,14,16,17). The Labute approximate surface area is 112 Å². The molecule has 1 aromatic rings. The van der Waals surface area contributed by atoms with Gasteiger partial charge in [-0.25, -0.2) is 17.9 Å². The first-order valence-electron chi connectivity index (χ1n) is 5.94. The zero-order chi connectivity index (χ0) is 14.3. The molecule has 0 aliphatic carbocycles. The molecule has 1 fully saturated rings. The topological polar surface area (TPSA) is 81.4 Å². The Morgan fingerprint density at radius 2 is 2.21 bits per heavy atom. The summed E-state index contributed by atoms with van der Waals surface area (Å²) >= 11 is 0. The summed E-state index contributed by atoms with van der Waals surface area (Å²) in [6.45, 7) is 4.47. The van der Waals surface area contributed by atoms with E-state index in [1.54, 1.807) is 0 Å². The summed E-state index contributed by atoms with van der Waals surface area (Å²) in [7, 11) is -3.89. The van der Waals surface area contributed by atoms with Crippen molar-refractivity contribution in [2.24, 2.45) is 5.14 Å². The average molecular weight is 288 g/mol. The quantitative estimate of drug-likeness (QED) is 0.882. The molecule has 19 heavy (non-hydrogen) atoms. The zero-order valence-electron chi connectivity index (χ0n) is 10.8. The van der Waals surface area contributed by atoms with Crippen LogP contribution in [0.3, 0.4) is 0 Å². The van der Waals surface area contributed by atoms with E-state index in [1.165, 1.54) is 12.1 Å². The van der Waals surface area contributed by atoms with E-state index in [2.05, 4.69) is 5.32 Å². The molecule has 1 aromatic carbocycles. The van der Waals surface area contributed by atoms with Crippen LogP contribution in [0.2, 0.25) is 0 Å². The number of hydrogen-bond acceptors (Lipinski definition) is 4. The summed E-state index contributed by atoms with van der Waals surface area (Å²) in [4.78, 5) is -0.239. The number of halogens is 1. The lowest BCUT2D eigenvalue weighted by Gasteiger charge is -2.30. The lowest BCUT2D eigenvalue weighted by atomic mass is 9.94. The third-order valence-corrected chi connectivity index (χ3v) is 4.49. The van der Waals surface area contributed by atoms with Crippen LogP contribution in [0.5, 0.6) is 0 Å². The predicted octanol–water partition coefficient (Wildman–Crippen LogP) is 1.45. The van der Waals surface area contributed by atoms with Gasteiger partial charge in [0.15, 0.2) is 0 Å². The molecular weight excluding hydrogens is 271 g/mol. The molecule has 2 atom stereocenters. The van der Waals surface area contributed by atoms with Gasteiger partial charge in [-0.3, -0.25) is 0 Å². The van der Waals surface area contributed by atoms with Gasteiger partial charge < -0.3 is 10.1 Å². The molecule has 0 radical (unpaired) electrons. The Morgan fingerprint density at radius 3 is 2.68 bits per heavy atom. The summed E-state index contributed by atoms with van der Waals surface area (Å²) < 4.78 is 41.6. The molecule has 1 aliphatic rings. The smallest absolute Gasteiger partial charge is 0.238 e. The number of rotatable bonds is 3. The van der Waals surface area contributed by atoms with Gasteiger partial charge in [0.25, 0.3) is 0 Å². The number of ether oxygens (including phenoxy) is 1. The van der Waals surface area contributed by atoms with Crippen molar-refractivity contribution in [1.29, 1.82) is 0 Å². The normalized spacial score (nSPS) is 27.5. The van der Waals surface area contributed by atoms with Crippen molar-refractivity contribution < 1.29 is 17.5 Å². The summed E-state index contributed by atoms with van der Waals surface area (Å²) in [5.74, 6) is -0.646. The Balaban J connectivity index is 2.28. The molecule has 2 rings (SSSR count). The second-order valence-electron chi connectivity index (χ2n) is 4.99. The maximum absolute atomic E-state index is 13.9. The number of nitrogens with two attached hydrogens (primary N) is 1. The van der Waals surface area contributed by atoms with Gasteiger partial charge >= 0.3 is 0 Å². The number of nitrogens with one attached hydrogen (secondary N) is 1.